The summed E-state index contributed by atoms with van der Waals surface area (Å²) in [7, 11) is 1.60. The molecule has 0 radical (unpaired) electrons. The average molecular weight is 782 g/mol. The van der Waals surface area contributed by atoms with Crippen LogP contribution in [0.15, 0.2) is 97.1 Å². The first-order valence-electron chi connectivity index (χ1n) is 20.2. The lowest BCUT2D eigenvalue weighted by atomic mass is 9.95. The van der Waals surface area contributed by atoms with Gasteiger partial charge in [0, 0.05) is 101 Å². The van der Waals surface area contributed by atoms with E-state index in [0.29, 0.717) is 41.8 Å². The Morgan fingerprint density at radius 1 is 0.862 bits per heavy atom. The molecule has 5 aromatic rings. The molecule has 0 atom stereocenters. The van der Waals surface area contributed by atoms with Crippen LogP contribution in [0.5, 0.6) is 11.5 Å². The Kier molecular flexibility index (Phi) is 11.6. The Morgan fingerprint density at radius 2 is 1.55 bits per heavy atom. The fourth-order valence-electron chi connectivity index (χ4n) is 8.32. The minimum absolute atomic E-state index is 0.0844. The number of primary amides is 1. The van der Waals surface area contributed by atoms with E-state index in [9.17, 15) is 14.4 Å². The van der Waals surface area contributed by atoms with Gasteiger partial charge in [0.1, 0.15) is 28.6 Å². The second kappa shape index (κ2) is 17.4. The maximum absolute atomic E-state index is 12.9. The topological polar surface area (TPSA) is 141 Å². The maximum atomic E-state index is 12.9. The van der Waals surface area contributed by atoms with Crippen molar-refractivity contribution in [2.75, 3.05) is 79.4 Å². The Labute approximate surface area is 339 Å². The summed E-state index contributed by atoms with van der Waals surface area (Å²) in [6.07, 6.45) is 4.13. The van der Waals surface area contributed by atoms with E-state index in [-0.39, 0.29) is 12.3 Å². The second-order valence-electron chi connectivity index (χ2n) is 15.3. The SMILES string of the molecule is CNC(=O)CCN(C=O)c1ccc(N2CCC(CN3CCN(c4ccc5c(c4)CCn4nc(-c6ccc(Oc7ccccc7)cc6)c(C(N)=O)c4N5)CC3)CC2)cc1. The Bertz CT molecular complexity index is 2210. The molecule has 58 heavy (non-hydrogen) atoms. The normalized spacial score (nSPS) is 15.7. The van der Waals surface area contributed by atoms with Gasteiger partial charge in [-0.3, -0.25) is 19.3 Å². The summed E-state index contributed by atoms with van der Waals surface area (Å²) in [4.78, 5) is 45.3. The Balaban J connectivity index is 0.833. The van der Waals surface area contributed by atoms with E-state index in [1.807, 2.05) is 71.4 Å². The van der Waals surface area contributed by atoms with Crippen LogP contribution in [-0.2, 0) is 22.6 Å². The number of carbonyl (C=O) groups excluding carboxylic acids is 3. The third kappa shape index (κ3) is 8.64. The summed E-state index contributed by atoms with van der Waals surface area (Å²) in [5.74, 6) is 2.12. The number of para-hydroxylation sites is 1. The third-order valence-corrected chi connectivity index (χ3v) is 11.6. The monoisotopic (exact) mass is 781 g/mol. The summed E-state index contributed by atoms with van der Waals surface area (Å²) in [5, 5.41) is 11.0. The fourth-order valence-corrected chi connectivity index (χ4v) is 8.32. The first-order chi connectivity index (χ1) is 28.3. The van der Waals surface area contributed by atoms with E-state index in [0.717, 1.165) is 94.2 Å². The van der Waals surface area contributed by atoms with Crippen molar-refractivity contribution in [3.63, 3.8) is 0 Å². The number of aromatic nitrogens is 2. The minimum Gasteiger partial charge on any atom is -0.457 e. The van der Waals surface area contributed by atoms with Gasteiger partial charge < -0.3 is 35.8 Å². The molecule has 4 heterocycles. The molecule has 4 aromatic carbocycles. The number of piperidine rings is 1. The van der Waals surface area contributed by atoms with Crippen molar-refractivity contribution in [1.82, 2.24) is 20.0 Å². The predicted molar refractivity (Wildman–Crippen MR) is 228 cm³/mol. The number of benzene rings is 4. The molecular weight excluding hydrogens is 731 g/mol. The number of hydrogen-bond donors (Lipinski definition) is 3. The number of hydrogen-bond acceptors (Lipinski definition) is 9. The molecule has 2 fully saturated rings. The molecular formula is C45H51N9O4. The summed E-state index contributed by atoms with van der Waals surface area (Å²) in [5.41, 5.74) is 13.1. The third-order valence-electron chi connectivity index (χ3n) is 11.6. The number of anilines is 5. The summed E-state index contributed by atoms with van der Waals surface area (Å²) < 4.78 is 7.82. The number of nitrogens with one attached hydrogen (secondary N) is 2. The molecule has 0 aliphatic carbocycles. The van der Waals surface area contributed by atoms with Crippen LogP contribution in [0.2, 0.25) is 0 Å². The molecule has 0 spiro atoms. The molecule has 3 amide bonds. The Hall–Kier alpha value is -6.34. The smallest absolute Gasteiger partial charge is 0.254 e. The number of fused-ring (bicyclic) bond motifs is 2. The average Bonchev–Trinajstić information content (AvgIpc) is 3.53. The molecule has 3 aliphatic heterocycles. The molecule has 1 aromatic heterocycles. The molecule has 8 rings (SSSR count). The largest absolute Gasteiger partial charge is 0.457 e. The van der Waals surface area contributed by atoms with Gasteiger partial charge in [0.25, 0.3) is 5.91 Å². The number of piperazine rings is 1. The number of aryl methyl sites for hydroxylation is 2. The number of nitrogens with zero attached hydrogens (tertiary/aromatic N) is 6. The van der Waals surface area contributed by atoms with Gasteiger partial charge in [-0.05, 0) is 110 Å². The van der Waals surface area contributed by atoms with Crippen molar-refractivity contribution >= 4 is 46.8 Å². The van der Waals surface area contributed by atoms with Crippen LogP contribution < -0.4 is 35.8 Å². The highest BCUT2D eigenvalue weighted by Gasteiger charge is 2.28. The standard InChI is InChI=1S/C45H51N9O4/c1-47-41(56)20-23-53(31-55)36-11-9-35(10-12-36)51-21-17-32(18-22-51)30-50-25-27-52(28-26-50)37-13-16-40-34(29-37)19-24-54-45(48-40)42(44(46)57)43(49-54)33-7-14-39(15-8-33)58-38-5-3-2-4-6-38/h2-16,29,31-32,48H,17-28,30H2,1H3,(H2,46,57)(H,47,56). The molecule has 13 nitrogen and oxygen atoms in total. The molecule has 4 N–H and O–H groups in total. The molecule has 300 valence electrons. The quantitative estimate of drug-likeness (QED) is 0.125. The van der Waals surface area contributed by atoms with Gasteiger partial charge in [-0.1, -0.05) is 18.2 Å². The van der Waals surface area contributed by atoms with Crippen molar-refractivity contribution in [3.05, 3.63) is 108 Å². The Morgan fingerprint density at radius 3 is 2.24 bits per heavy atom. The van der Waals surface area contributed by atoms with Gasteiger partial charge >= 0.3 is 0 Å². The molecule has 0 unspecified atom stereocenters. The van der Waals surface area contributed by atoms with Gasteiger partial charge in [-0.15, -0.1) is 0 Å². The highest BCUT2D eigenvalue weighted by molar-refractivity contribution is 6.04. The van der Waals surface area contributed by atoms with Gasteiger partial charge in [0.05, 0.1) is 0 Å². The maximum Gasteiger partial charge on any atom is 0.254 e. The van der Waals surface area contributed by atoms with Gasteiger partial charge in [0.2, 0.25) is 12.3 Å². The second-order valence-corrected chi connectivity index (χ2v) is 15.3. The first-order valence-corrected chi connectivity index (χ1v) is 20.2. The molecule has 13 heteroatoms. The van der Waals surface area contributed by atoms with Crippen LogP contribution in [0, 0.1) is 5.92 Å². The predicted octanol–water partition coefficient (Wildman–Crippen LogP) is 5.88. The van der Waals surface area contributed by atoms with E-state index in [1.54, 1.807) is 11.9 Å². The van der Waals surface area contributed by atoms with Crippen LogP contribution in [0.25, 0.3) is 11.3 Å². The van der Waals surface area contributed by atoms with Gasteiger partial charge in [-0.2, -0.15) is 5.10 Å². The van der Waals surface area contributed by atoms with Crippen molar-refractivity contribution in [1.29, 1.82) is 0 Å². The highest BCUT2D eigenvalue weighted by atomic mass is 16.5. The number of amides is 3. The summed E-state index contributed by atoms with van der Waals surface area (Å²) in [6.45, 7) is 8.14. The van der Waals surface area contributed by atoms with E-state index in [1.165, 1.54) is 16.9 Å². The zero-order chi connectivity index (χ0) is 40.0. The van der Waals surface area contributed by atoms with E-state index < -0.39 is 5.91 Å². The molecule has 3 aliphatic rings. The number of rotatable bonds is 13. The first kappa shape index (κ1) is 38.5. The van der Waals surface area contributed by atoms with Gasteiger partial charge in [0.15, 0.2) is 0 Å². The molecule has 2 saturated heterocycles. The lowest BCUT2D eigenvalue weighted by Gasteiger charge is -2.40. The summed E-state index contributed by atoms with van der Waals surface area (Å²) in [6, 6.07) is 31.8. The van der Waals surface area contributed by atoms with Crippen LogP contribution in [0.1, 0.15) is 35.2 Å². The zero-order valence-corrected chi connectivity index (χ0v) is 33.0. The van der Waals surface area contributed by atoms with Crippen molar-refractivity contribution in [2.24, 2.45) is 11.7 Å². The van der Waals surface area contributed by atoms with Crippen molar-refractivity contribution in [3.8, 4) is 22.8 Å². The van der Waals surface area contributed by atoms with Gasteiger partial charge in [-0.25, -0.2) is 4.68 Å². The van der Waals surface area contributed by atoms with Crippen molar-refractivity contribution in [2.45, 2.75) is 32.2 Å². The lowest BCUT2D eigenvalue weighted by Crippen LogP contribution is -2.49. The molecule has 0 bridgehead atoms. The van der Waals surface area contributed by atoms with Crippen LogP contribution in [0.3, 0.4) is 0 Å². The fraction of sp³-hybridized carbons (Fsp3) is 0.333. The van der Waals surface area contributed by atoms with Crippen molar-refractivity contribution < 1.29 is 19.1 Å². The number of ether oxygens (including phenoxy) is 1. The zero-order valence-electron chi connectivity index (χ0n) is 33.0. The van der Waals surface area contributed by atoms with Crippen LogP contribution in [0.4, 0.5) is 28.6 Å². The minimum atomic E-state index is -0.525. The van der Waals surface area contributed by atoms with Crippen LogP contribution >= 0.6 is 0 Å². The summed E-state index contributed by atoms with van der Waals surface area (Å²) >= 11 is 0. The van der Waals surface area contributed by atoms with Crippen LogP contribution in [-0.4, -0.2) is 92.3 Å². The number of nitrogens with two attached hydrogens (primary N) is 1. The van der Waals surface area contributed by atoms with E-state index in [2.05, 4.69) is 55.7 Å². The van der Waals surface area contributed by atoms with E-state index >= 15 is 0 Å². The molecule has 0 saturated carbocycles. The van der Waals surface area contributed by atoms with E-state index in [4.69, 9.17) is 15.6 Å². The lowest BCUT2D eigenvalue weighted by molar-refractivity contribution is -0.120. The number of carbonyl (C=O) groups is 3. The highest BCUT2D eigenvalue weighted by Crippen LogP contribution is 2.37.